The number of rotatable bonds is 5. The van der Waals surface area contributed by atoms with Crippen LogP contribution in [0, 0.1) is 0 Å². The molecule has 0 aliphatic carbocycles. The first-order chi connectivity index (χ1) is 19.0. The van der Waals surface area contributed by atoms with Gasteiger partial charge in [-0.25, -0.2) is 0 Å². The average molecular weight is 526 g/mol. The number of fused-ring (bicyclic) bond motifs is 1. The first-order valence-electron chi connectivity index (χ1n) is 14.3. The van der Waals surface area contributed by atoms with E-state index in [-0.39, 0.29) is 5.91 Å². The molecule has 6 nitrogen and oxygen atoms in total. The van der Waals surface area contributed by atoms with Gasteiger partial charge in [-0.1, -0.05) is 30.3 Å². The SMILES string of the molecule is CN(C)Cc1ccc(-c2ccc3c(c2)COC2(CCN(C(=O)c4ccc(N5CCCCC5)cc4)CC2)O3)cc1. The molecule has 2 saturated heterocycles. The molecule has 39 heavy (non-hydrogen) atoms. The lowest BCUT2D eigenvalue weighted by molar-refractivity contribution is -0.225. The maximum Gasteiger partial charge on any atom is 0.253 e. The second-order valence-corrected chi connectivity index (χ2v) is 11.4. The maximum atomic E-state index is 13.2. The van der Waals surface area contributed by atoms with E-state index in [1.165, 1.54) is 41.6 Å². The fourth-order valence-electron chi connectivity index (χ4n) is 6.02. The fraction of sp³-hybridized carbons (Fsp3) is 0.424. The molecule has 1 amide bonds. The van der Waals surface area contributed by atoms with Crippen molar-refractivity contribution in [1.82, 2.24) is 9.80 Å². The number of nitrogens with zero attached hydrogens (tertiary/aromatic N) is 3. The van der Waals surface area contributed by atoms with Crippen molar-refractivity contribution in [3.05, 3.63) is 83.4 Å². The van der Waals surface area contributed by atoms with Crippen LogP contribution in [0.1, 0.15) is 53.6 Å². The summed E-state index contributed by atoms with van der Waals surface area (Å²) >= 11 is 0. The Morgan fingerprint density at radius 3 is 2.23 bits per heavy atom. The zero-order valence-corrected chi connectivity index (χ0v) is 23.2. The van der Waals surface area contributed by atoms with Gasteiger partial charge in [-0.2, -0.15) is 0 Å². The zero-order valence-electron chi connectivity index (χ0n) is 23.2. The van der Waals surface area contributed by atoms with Crippen LogP contribution < -0.4 is 9.64 Å². The van der Waals surface area contributed by atoms with E-state index in [0.29, 0.717) is 32.5 Å². The van der Waals surface area contributed by atoms with Crippen LogP contribution in [-0.4, -0.2) is 61.8 Å². The van der Waals surface area contributed by atoms with Crippen molar-refractivity contribution in [2.24, 2.45) is 0 Å². The Labute approximate surface area is 232 Å². The molecule has 3 aliphatic rings. The largest absolute Gasteiger partial charge is 0.462 e. The Hall–Kier alpha value is -3.35. The molecule has 0 radical (unpaired) electrons. The predicted molar refractivity (Wildman–Crippen MR) is 155 cm³/mol. The molecule has 0 unspecified atom stereocenters. The molecule has 1 spiro atoms. The molecule has 0 saturated carbocycles. The molecule has 2 fully saturated rings. The van der Waals surface area contributed by atoms with Gasteiger partial charge in [0.1, 0.15) is 5.75 Å². The van der Waals surface area contributed by atoms with Gasteiger partial charge < -0.3 is 24.2 Å². The van der Waals surface area contributed by atoms with Crippen LogP contribution in [0.2, 0.25) is 0 Å². The Morgan fingerprint density at radius 1 is 0.846 bits per heavy atom. The third-order valence-electron chi connectivity index (χ3n) is 8.28. The summed E-state index contributed by atoms with van der Waals surface area (Å²) in [5.74, 6) is 0.326. The third-order valence-corrected chi connectivity index (χ3v) is 8.28. The highest BCUT2D eigenvalue weighted by molar-refractivity contribution is 5.94. The van der Waals surface area contributed by atoms with Crippen molar-refractivity contribution in [2.75, 3.05) is 45.2 Å². The number of piperidine rings is 2. The number of anilines is 1. The molecule has 0 bridgehead atoms. The number of ether oxygens (including phenoxy) is 2. The lowest BCUT2D eigenvalue weighted by Gasteiger charge is -2.44. The van der Waals surface area contributed by atoms with Gasteiger partial charge in [0.25, 0.3) is 5.91 Å². The molecule has 204 valence electrons. The highest BCUT2D eigenvalue weighted by atomic mass is 16.7. The quantitative estimate of drug-likeness (QED) is 0.412. The van der Waals surface area contributed by atoms with Gasteiger partial charge in [-0.15, -0.1) is 0 Å². The lowest BCUT2D eigenvalue weighted by Crippen LogP contribution is -2.52. The first kappa shape index (κ1) is 25.9. The molecule has 0 atom stereocenters. The minimum Gasteiger partial charge on any atom is -0.462 e. The van der Waals surface area contributed by atoms with Crippen LogP contribution in [0.15, 0.2) is 66.7 Å². The predicted octanol–water partition coefficient (Wildman–Crippen LogP) is 5.95. The van der Waals surface area contributed by atoms with Crippen molar-refractivity contribution in [1.29, 1.82) is 0 Å². The molecule has 6 heteroatoms. The summed E-state index contributed by atoms with van der Waals surface area (Å²) in [5.41, 5.74) is 6.70. The van der Waals surface area contributed by atoms with E-state index in [1.54, 1.807) is 0 Å². The summed E-state index contributed by atoms with van der Waals surface area (Å²) in [6.45, 7) is 4.92. The van der Waals surface area contributed by atoms with Crippen molar-refractivity contribution in [3.8, 4) is 16.9 Å². The summed E-state index contributed by atoms with van der Waals surface area (Å²) in [6.07, 6.45) is 5.14. The van der Waals surface area contributed by atoms with Crippen LogP contribution in [-0.2, 0) is 17.9 Å². The standard InChI is InChI=1S/C33H39N3O3/c1-34(2)23-25-6-8-26(9-7-25)28-12-15-31-29(22-28)24-38-33(39-31)16-20-36(21-17-33)32(37)27-10-13-30(14-11-27)35-18-4-3-5-19-35/h6-15,22H,3-5,16-21,23-24H2,1-2H3. The van der Waals surface area contributed by atoms with E-state index in [1.807, 2.05) is 17.0 Å². The minimum absolute atomic E-state index is 0.0903. The summed E-state index contributed by atoms with van der Waals surface area (Å²) < 4.78 is 12.8. The van der Waals surface area contributed by atoms with Gasteiger partial charge in [0.2, 0.25) is 5.79 Å². The van der Waals surface area contributed by atoms with Gasteiger partial charge in [-0.05, 0) is 86.4 Å². The van der Waals surface area contributed by atoms with Gasteiger partial charge in [0.15, 0.2) is 0 Å². The Kier molecular flexibility index (Phi) is 7.32. The van der Waals surface area contributed by atoms with Gasteiger partial charge >= 0.3 is 0 Å². The molecule has 0 N–H and O–H groups in total. The number of hydrogen-bond acceptors (Lipinski definition) is 5. The van der Waals surface area contributed by atoms with E-state index in [9.17, 15) is 4.79 Å². The molecule has 3 aromatic rings. The van der Waals surface area contributed by atoms with Crippen molar-refractivity contribution < 1.29 is 14.3 Å². The van der Waals surface area contributed by atoms with Crippen molar-refractivity contribution >= 4 is 11.6 Å². The Bertz CT molecular complexity index is 1290. The van der Waals surface area contributed by atoms with Crippen molar-refractivity contribution in [2.45, 2.75) is 51.0 Å². The summed E-state index contributed by atoms with van der Waals surface area (Å²) in [7, 11) is 4.17. The van der Waals surface area contributed by atoms with Crippen LogP contribution in [0.25, 0.3) is 11.1 Å². The van der Waals surface area contributed by atoms with Gasteiger partial charge in [-0.3, -0.25) is 4.79 Å². The maximum absolute atomic E-state index is 13.2. The van der Waals surface area contributed by atoms with Gasteiger partial charge in [0, 0.05) is 62.4 Å². The highest BCUT2D eigenvalue weighted by Gasteiger charge is 2.42. The lowest BCUT2D eigenvalue weighted by atomic mass is 9.98. The normalized spacial score (nSPS) is 18.6. The molecule has 3 aromatic carbocycles. The molecular formula is C33H39N3O3. The second-order valence-electron chi connectivity index (χ2n) is 11.4. The molecule has 3 heterocycles. The van der Waals surface area contributed by atoms with Crippen LogP contribution >= 0.6 is 0 Å². The number of amides is 1. The topological polar surface area (TPSA) is 45.2 Å². The zero-order chi connectivity index (χ0) is 26.8. The summed E-state index contributed by atoms with van der Waals surface area (Å²) in [6, 6.07) is 23.3. The Balaban J connectivity index is 1.07. The highest BCUT2D eigenvalue weighted by Crippen LogP contribution is 2.39. The van der Waals surface area contributed by atoms with Crippen molar-refractivity contribution in [3.63, 3.8) is 0 Å². The molecular weight excluding hydrogens is 486 g/mol. The van der Waals surface area contributed by atoms with Crippen LogP contribution in [0.5, 0.6) is 5.75 Å². The van der Waals surface area contributed by atoms with E-state index >= 15 is 0 Å². The summed E-state index contributed by atoms with van der Waals surface area (Å²) in [4.78, 5) is 19.8. The van der Waals surface area contributed by atoms with E-state index < -0.39 is 5.79 Å². The molecule has 3 aliphatic heterocycles. The number of carbonyl (C=O) groups excluding carboxylic acids is 1. The third kappa shape index (κ3) is 5.68. The average Bonchev–Trinajstić information content (AvgIpc) is 2.98. The van der Waals surface area contributed by atoms with E-state index in [0.717, 1.165) is 36.5 Å². The minimum atomic E-state index is -0.656. The van der Waals surface area contributed by atoms with Crippen LogP contribution in [0.3, 0.4) is 0 Å². The van der Waals surface area contributed by atoms with Crippen LogP contribution in [0.4, 0.5) is 5.69 Å². The summed E-state index contributed by atoms with van der Waals surface area (Å²) in [5, 5.41) is 0. The Morgan fingerprint density at radius 2 is 1.54 bits per heavy atom. The fourth-order valence-corrected chi connectivity index (χ4v) is 6.02. The monoisotopic (exact) mass is 525 g/mol. The smallest absolute Gasteiger partial charge is 0.253 e. The first-order valence-corrected chi connectivity index (χ1v) is 14.3. The van der Waals surface area contributed by atoms with E-state index in [4.69, 9.17) is 9.47 Å². The second kappa shape index (κ2) is 11.0. The number of hydrogen-bond donors (Lipinski definition) is 0. The number of likely N-dealkylation sites (tertiary alicyclic amines) is 1. The van der Waals surface area contributed by atoms with Gasteiger partial charge in [0.05, 0.1) is 6.61 Å². The molecule has 6 rings (SSSR count). The molecule has 0 aromatic heterocycles. The number of carbonyl (C=O) groups is 1. The van der Waals surface area contributed by atoms with E-state index in [2.05, 4.69) is 78.5 Å². The number of benzene rings is 3.